The van der Waals surface area contributed by atoms with E-state index in [0.717, 1.165) is 51.8 Å². The van der Waals surface area contributed by atoms with Crippen LogP contribution in [-0.2, 0) is 26.2 Å². The van der Waals surface area contributed by atoms with Gasteiger partial charge in [0.1, 0.15) is 0 Å². The van der Waals surface area contributed by atoms with Crippen LogP contribution < -0.4 is 5.32 Å². The van der Waals surface area contributed by atoms with Gasteiger partial charge in [-0.1, -0.05) is 78.0 Å². The fourth-order valence-electron chi connectivity index (χ4n) is 5.23. The van der Waals surface area contributed by atoms with Gasteiger partial charge in [-0.2, -0.15) is 0 Å². The molecule has 1 amide bonds. The van der Waals surface area contributed by atoms with E-state index in [1.807, 2.05) is 100 Å². The largest absolute Gasteiger partial charge is 0.465 e. The zero-order chi connectivity index (χ0) is 27.6. The Morgan fingerprint density at radius 1 is 0.974 bits per heavy atom. The molecule has 0 radical (unpaired) electrons. The number of nitrogens with zero attached hydrogens (tertiary/aromatic N) is 1. The third-order valence-electron chi connectivity index (χ3n) is 7.69. The molecule has 5 rings (SSSR count). The van der Waals surface area contributed by atoms with E-state index in [4.69, 9.17) is 9.26 Å². The summed E-state index contributed by atoms with van der Waals surface area (Å²) in [5.41, 5.74) is 7.26. The highest BCUT2D eigenvalue weighted by Gasteiger charge is 2.52. The van der Waals surface area contributed by atoms with E-state index in [2.05, 4.69) is 10.5 Å². The van der Waals surface area contributed by atoms with Gasteiger partial charge < -0.3 is 14.6 Å². The topological polar surface area (TPSA) is 81.4 Å². The van der Waals surface area contributed by atoms with Crippen LogP contribution in [0, 0.1) is 13.8 Å². The van der Waals surface area contributed by atoms with Crippen molar-refractivity contribution in [2.45, 2.75) is 58.4 Å². The first-order valence-electron chi connectivity index (χ1n) is 13.5. The van der Waals surface area contributed by atoms with Crippen LogP contribution in [0.5, 0.6) is 0 Å². The van der Waals surface area contributed by atoms with Gasteiger partial charge in [0.15, 0.2) is 5.76 Å². The molecule has 4 aromatic rings. The molecule has 0 unspecified atom stereocenters. The maximum absolute atomic E-state index is 13.0. The van der Waals surface area contributed by atoms with Crippen molar-refractivity contribution in [3.63, 3.8) is 0 Å². The summed E-state index contributed by atoms with van der Waals surface area (Å²) in [5.74, 6) is 0.406. The van der Waals surface area contributed by atoms with Crippen molar-refractivity contribution in [1.82, 2.24) is 10.5 Å². The second kappa shape index (κ2) is 10.9. The molecule has 1 aliphatic rings. The fraction of sp³-hybridized carbons (Fsp3) is 0.303. The van der Waals surface area contributed by atoms with Crippen LogP contribution in [0.25, 0.3) is 22.5 Å². The Bertz CT molecular complexity index is 1490. The molecule has 202 valence electrons. The lowest BCUT2D eigenvalue weighted by atomic mass is 9.93. The van der Waals surface area contributed by atoms with Crippen LogP contribution in [0.3, 0.4) is 0 Å². The lowest BCUT2D eigenvalue weighted by molar-refractivity contribution is -0.146. The Morgan fingerprint density at radius 3 is 2.21 bits per heavy atom. The third kappa shape index (κ3) is 5.37. The molecular weight excluding hydrogens is 488 g/mol. The number of aromatic nitrogens is 1. The number of hydrogen-bond acceptors (Lipinski definition) is 5. The Balaban J connectivity index is 0.00000370. The van der Waals surface area contributed by atoms with Crippen LogP contribution in [-0.4, -0.2) is 23.6 Å². The SMILES string of the molecule is CCOC(=O)C1(c2ccc(-c3ccc(-c4onc(C)c4CC(=O)N[C@@H](C)c4ccccc4C)cc3)cc2)CC1.[HH]. The second-order valence-corrected chi connectivity index (χ2v) is 10.4. The van der Waals surface area contributed by atoms with Crippen molar-refractivity contribution in [2.75, 3.05) is 6.61 Å². The van der Waals surface area contributed by atoms with Crippen molar-refractivity contribution >= 4 is 11.9 Å². The van der Waals surface area contributed by atoms with Crippen LogP contribution in [0.4, 0.5) is 0 Å². The average Bonchev–Trinajstić information content (AvgIpc) is 3.68. The van der Waals surface area contributed by atoms with Gasteiger partial charge in [-0.25, -0.2) is 0 Å². The molecule has 0 bridgehead atoms. The van der Waals surface area contributed by atoms with E-state index in [1.165, 1.54) is 0 Å². The highest BCUT2D eigenvalue weighted by molar-refractivity contribution is 5.87. The van der Waals surface area contributed by atoms with Gasteiger partial charge in [0.25, 0.3) is 0 Å². The van der Waals surface area contributed by atoms with Crippen LogP contribution in [0.1, 0.15) is 62.1 Å². The molecule has 6 nitrogen and oxygen atoms in total. The summed E-state index contributed by atoms with van der Waals surface area (Å²) in [6.45, 7) is 8.14. The second-order valence-electron chi connectivity index (χ2n) is 10.4. The number of rotatable bonds is 9. The molecule has 0 saturated heterocycles. The molecule has 1 heterocycles. The van der Waals surface area contributed by atoms with E-state index < -0.39 is 5.41 Å². The van der Waals surface area contributed by atoms with Crippen LogP contribution in [0.15, 0.2) is 77.3 Å². The molecule has 39 heavy (non-hydrogen) atoms. The minimum absolute atomic E-state index is 0. The first-order chi connectivity index (χ1) is 18.8. The van der Waals surface area contributed by atoms with Gasteiger partial charge in [0.2, 0.25) is 5.91 Å². The minimum atomic E-state index is -0.469. The number of esters is 1. The predicted octanol–water partition coefficient (Wildman–Crippen LogP) is 6.89. The summed E-state index contributed by atoms with van der Waals surface area (Å²) in [7, 11) is 0. The first-order valence-corrected chi connectivity index (χ1v) is 13.5. The number of nitrogens with one attached hydrogen (secondary N) is 1. The molecule has 3 aromatic carbocycles. The predicted molar refractivity (Wildman–Crippen MR) is 153 cm³/mol. The standard InChI is InChI=1S/C33H34N2O4.H2/c1-5-38-32(37)33(18-19-33)27-16-14-25(15-17-27)24-10-12-26(13-11-24)31-29(23(4)35-39-31)20-30(36)34-22(3)28-9-7-6-8-21(28)2;/h6-17,22H,5,18-20H2,1-4H3,(H,34,36);1H/t22-;/m0./s1. The summed E-state index contributed by atoms with van der Waals surface area (Å²) >= 11 is 0. The van der Waals surface area contributed by atoms with E-state index in [-0.39, 0.29) is 25.8 Å². The lowest BCUT2D eigenvalue weighted by Gasteiger charge is -2.16. The summed E-state index contributed by atoms with van der Waals surface area (Å²) in [6, 6.07) is 24.2. The molecule has 1 saturated carbocycles. The van der Waals surface area contributed by atoms with Gasteiger partial charge in [-0.3, -0.25) is 9.59 Å². The average molecular weight is 525 g/mol. The Hall–Kier alpha value is -4.19. The van der Waals surface area contributed by atoms with Crippen LogP contribution >= 0.6 is 0 Å². The van der Waals surface area contributed by atoms with Crippen molar-refractivity contribution in [3.8, 4) is 22.5 Å². The van der Waals surface area contributed by atoms with Gasteiger partial charge in [0.05, 0.1) is 30.2 Å². The molecule has 6 heteroatoms. The van der Waals surface area contributed by atoms with E-state index in [0.29, 0.717) is 18.1 Å². The highest BCUT2D eigenvalue weighted by Crippen LogP contribution is 2.49. The molecule has 0 spiro atoms. The number of ether oxygens (including phenoxy) is 1. The Kier molecular flexibility index (Phi) is 7.38. The Morgan fingerprint density at radius 2 is 1.59 bits per heavy atom. The smallest absolute Gasteiger partial charge is 0.316 e. The number of hydrogen-bond donors (Lipinski definition) is 1. The maximum Gasteiger partial charge on any atom is 0.316 e. The fourth-order valence-corrected chi connectivity index (χ4v) is 5.23. The number of carbonyl (C=O) groups excluding carboxylic acids is 2. The van der Waals surface area contributed by atoms with Crippen molar-refractivity contribution in [1.29, 1.82) is 0 Å². The maximum atomic E-state index is 13.0. The highest BCUT2D eigenvalue weighted by atomic mass is 16.5. The monoisotopic (exact) mass is 524 g/mol. The van der Waals surface area contributed by atoms with E-state index in [9.17, 15) is 9.59 Å². The number of amides is 1. The van der Waals surface area contributed by atoms with Gasteiger partial charge in [-0.05, 0) is 68.4 Å². The van der Waals surface area contributed by atoms with Crippen molar-refractivity contribution in [3.05, 3.63) is 101 Å². The van der Waals surface area contributed by atoms with Crippen LogP contribution in [0.2, 0.25) is 0 Å². The first kappa shape index (κ1) is 26.4. The number of benzene rings is 3. The Labute approximate surface area is 230 Å². The quantitative estimate of drug-likeness (QED) is 0.241. The molecule has 1 N–H and O–H groups in total. The van der Waals surface area contributed by atoms with Crippen molar-refractivity contribution in [2.24, 2.45) is 0 Å². The summed E-state index contributed by atoms with van der Waals surface area (Å²) in [6.07, 6.45) is 1.86. The third-order valence-corrected chi connectivity index (χ3v) is 7.69. The molecule has 1 atom stereocenters. The summed E-state index contributed by atoms with van der Waals surface area (Å²) in [5, 5.41) is 7.26. The summed E-state index contributed by atoms with van der Waals surface area (Å²) < 4.78 is 11.0. The molecule has 1 fully saturated rings. The molecule has 0 aliphatic heterocycles. The zero-order valence-electron chi connectivity index (χ0n) is 22.9. The van der Waals surface area contributed by atoms with Gasteiger partial charge >= 0.3 is 5.97 Å². The minimum Gasteiger partial charge on any atom is -0.465 e. The van der Waals surface area contributed by atoms with Gasteiger partial charge in [-0.15, -0.1) is 0 Å². The molecule has 1 aromatic heterocycles. The normalized spacial score (nSPS) is 14.5. The summed E-state index contributed by atoms with van der Waals surface area (Å²) in [4.78, 5) is 25.4. The number of carbonyl (C=O) groups is 2. The molecular formula is C33H36N2O4. The van der Waals surface area contributed by atoms with E-state index in [1.54, 1.807) is 0 Å². The lowest BCUT2D eigenvalue weighted by Crippen LogP contribution is -2.28. The van der Waals surface area contributed by atoms with Crippen molar-refractivity contribution < 1.29 is 20.3 Å². The molecule has 1 aliphatic carbocycles. The van der Waals surface area contributed by atoms with Gasteiger partial charge in [0, 0.05) is 12.6 Å². The zero-order valence-corrected chi connectivity index (χ0v) is 22.9. The number of aryl methyl sites for hydroxylation is 2. The van der Waals surface area contributed by atoms with E-state index >= 15 is 0 Å².